The van der Waals surface area contributed by atoms with Gasteiger partial charge in [0.25, 0.3) is 0 Å². The Hall–Kier alpha value is -3.75. The van der Waals surface area contributed by atoms with Crippen molar-refractivity contribution in [2.75, 3.05) is 23.8 Å². The molecule has 0 aliphatic heterocycles. The van der Waals surface area contributed by atoms with Crippen molar-refractivity contribution in [2.45, 2.75) is 0 Å². The molecule has 8 nitrogen and oxygen atoms in total. The molecule has 0 unspecified atom stereocenters. The van der Waals surface area contributed by atoms with E-state index in [1.54, 1.807) is 30.6 Å². The molecule has 0 fully saturated rings. The van der Waals surface area contributed by atoms with Gasteiger partial charge in [0.15, 0.2) is 0 Å². The lowest BCUT2D eigenvalue weighted by atomic mass is 10.1. The predicted octanol–water partition coefficient (Wildman–Crippen LogP) is 3.69. The smallest absolute Gasteiger partial charge is 0.337 e. The van der Waals surface area contributed by atoms with Crippen LogP contribution >= 0.6 is 11.6 Å². The van der Waals surface area contributed by atoms with Crippen molar-refractivity contribution >= 4 is 40.8 Å². The number of ether oxygens (including phenoxy) is 1. The second-order valence-electron chi connectivity index (χ2n) is 6.41. The molecule has 3 rings (SSSR count). The van der Waals surface area contributed by atoms with Crippen molar-refractivity contribution in [1.29, 1.82) is 0 Å². The maximum atomic E-state index is 12.1. The fourth-order valence-electron chi connectivity index (χ4n) is 2.73. The molecule has 2 aromatic carbocycles. The van der Waals surface area contributed by atoms with E-state index in [0.29, 0.717) is 5.69 Å². The molecule has 1 heterocycles. The lowest BCUT2D eigenvalue weighted by Gasteiger charge is -2.10. The van der Waals surface area contributed by atoms with Gasteiger partial charge in [-0.25, -0.2) is 4.79 Å². The fraction of sp³-hybridized carbons (Fsp3) is 0.0909. The van der Waals surface area contributed by atoms with Crippen molar-refractivity contribution in [1.82, 2.24) is 4.98 Å². The summed E-state index contributed by atoms with van der Waals surface area (Å²) in [6.07, 6.45) is 3.40. The second kappa shape index (κ2) is 10.3. The number of hydrogen-bond acceptors (Lipinski definition) is 5. The zero-order valence-corrected chi connectivity index (χ0v) is 16.9. The first-order valence-corrected chi connectivity index (χ1v) is 9.51. The van der Waals surface area contributed by atoms with Crippen LogP contribution in [0.25, 0.3) is 11.1 Å². The van der Waals surface area contributed by atoms with E-state index >= 15 is 0 Å². The van der Waals surface area contributed by atoms with E-state index in [2.05, 4.69) is 15.6 Å². The van der Waals surface area contributed by atoms with Crippen molar-refractivity contribution in [3.63, 3.8) is 0 Å². The van der Waals surface area contributed by atoms with E-state index < -0.39 is 24.4 Å². The number of benzene rings is 2. The van der Waals surface area contributed by atoms with Crippen molar-refractivity contribution in [2.24, 2.45) is 0 Å². The summed E-state index contributed by atoms with van der Waals surface area (Å²) < 4.78 is 5.13. The Labute approximate surface area is 182 Å². The van der Waals surface area contributed by atoms with Crippen LogP contribution in [-0.2, 0) is 14.3 Å². The van der Waals surface area contributed by atoms with Gasteiger partial charge in [-0.15, -0.1) is 0 Å². The van der Waals surface area contributed by atoms with Gasteiger partial charge in [0.05, 0.1) is 11.3 Å². The summed E-state index contributed by atoms with van der Waals surface area (Å²) in [6, 6.07) is 15.0. The van der Waals surface area contributed by atoms with Crippen LogP contribution in [0.2, 0.25) is 5.02 Å². The number of pyridine rings is 1. The number of aromatic nitrogens is 1. The minimum atomic E-state index is -1.23. The number of anilines is 2. The molecule has 0 radical (unpaired) electrons. The second-order valence-corrected chi connectivity index (χ2v) is 6.84. The number of nitrogens with zero attached hydrogens (tertiary/aromatic N) is 1. The molecular weight excluding hydrogens is 422 g/mol. The number of nitrogens with one attached hydrogen (secondary N) is 2. The minimum absolute atomic E-state index is 0.0853. The molecule has 0 spiro atoms. The van der Waals surface area contributed by atoms with Crippen LogP contribution in [0, 0.1) is 0 Å². The number of aromatic carboxylic acids is 1. The van der Waals surface area contributed by atoms with Crippen molar-refractivity contribution in [3.05, 3.63) is 77.6 Å². The van der Waals surface area contributed by atoms with Crippen LogP contribution in [0.1, 0.15) is 10.4 Å². The molecule has 0 saturated carbocycles. The molecule has 3 aromatic rings. The van der Waals surface area contributed by atoms with Gasteiger partial charge in [-0.05, 0) is 42.0 Å². The Balaban J connectivity index is 1.50. The summed E-state index contributed by atoms with van der Waals surface area (Å²) in [5.41, 5.74) is 2.32. The van der Waals surface area contributed by atoms with E-state index in [0.717, 1.165) is 11.1 Å². The molecule has 31 heavy (non-hydrogen) atoms. The Morgan fingerprint density at radius 3 is 2.39 bits per heavy atom. The highest BCUT2D eigenvalue weighted by atomic mass is 35.5. The first-order valence-electron chi connectivity index (χ1n) is 9.13. The average Bonchev–Trinajstić information content (AvgIpc) is 2.75. The summed E-state index contributed by atoms with van der Waals surface area (Å²) in [7, 11) is 0. The highest BCUT2D eigenvalue weighted by molar-refractivity contribution is 6.31. The molecule has 0 atom stereocenters. The van der Waals surface area contributed by atoms with E-state index in [9.17, 15) is 19.5 Å². The number of hydrogen-bond donors (Lipinski definition) is 3. The van der Waals surface area contributed by atoms with Gasteiger partial charge in [-0.3, -0.25) is 14.6 Å². The first kappa shape index (κ1) is 21.9. The molecular formula is C22H18ClN3O5. The largest absolute Gasteiger partial charge is 0.478 e. The molecule has 0 aliphatic rings. The van der Waals surface area contributed by atoms with Gasteiger partial charge < -0.3 is 20.5 Å². The molecule has 0 aliphatic carbocycles. The highest BCUT2D eigenvalue weighted by Crippen LogP contribution is 2.22. The molecule has 0 saturated heterocycles. The summed E-state index contributed by atoms with van der Waals surface area (Å²) in [6.45, 7) is -0.776. The summed E-state index contributed by atoms with van der Waals surface area (Å²) in [5, 5.41) is 14.5. The SMILES string of the molecule is O=C(COCC(=O)Nc1ccc(Cl)cc1C(=O)O)Nc1cccc(-c2cccnc2)c1. The van der Waals surface area contributed by atoms with Gasteiger partial charge in [-0.1, -0.05) is 29.8 Å². The van der Waals surface area contributed by atoms with Crippen LogP contribution in [0.4, 0.5) is 11.4 Å². The number of carboxylic acids is 1. The minimum Gasteiger partial charge on any atom is -0.478 e. The van der Waals surface area contributed by atoms with E-state index in [1.165, 1.54) is 18.2 Å². The molecule has 9 heteroatoms. The zero-order chi connectivity index (χ0) is 22.2. The van der Waals surface area contributed by atoms with Crippen LogP contribution in [0.3, 0.4) is 0 Å². The molecule has 1 aromatic heterocycles. The van der Waals surface area contributed by atoms with E-state index in [4.69, 9.17) is 16.3 Å². The monoisotopic (exact) mass is 439 g/mol. The van der Waals surface area contributed by atoms with Gasteiger partial charge in [0.1, 0.15) is 13.2 Å². The van der Waals surface area contributed by atoms with E-state index in [-0.39, 0.29) is 22.9 Å². The Bertz CT molecular complexity index is 1110. The predicted molar refractivity (Wildman–Crippen MR) is 116 cm³/mol. The quantitative estimate of drug-likeness (QED) is 0.492. The lowest BCUT2D eigenvalue weighted by molar-refractivity contribution is -0.125. The van der Waals surface area contributed by atoms with Crippen LogP contribution in [0.15, 0.2) is 67.0 Å². The van der Waals surface area contributed by atoms with Gasteiger partial charge >= 0.3 is 5.97 Å². The van der Waals surface area contributed by atoms with Crippen LogP contribution in [-0.4, -0.2) is 41.1 Å². The molecule has 0 bridgehead atoms. The lowest BCUT2D eigenvalue weighted by Crippen LogP contribution is -2.24. The number of carboxylic acid groups (broad SMARTS) is 1. The summed E-state index contributed by atoms with van der Waals surface area (Å²) >= 11 is 5.78. The first-order chi connectivity index (χ1) is 14.9. The third-order valence-corrected chi connectivity index (χ3v) is 4.33. The maximum Gasteiger partial charge on any atom is 0.337 e. The summed E-state index contributed by atoms with van der Waals surface area (Å²) in [4.78, 5) is 39.4. The van der Waals surface area contributed by atoms with Gasteiger partial charge in [0.2, 0.25) is 11.8 Å². The van der Waals surface area contributed by atoms with Crippen LogP contribution < -0.4 is 10.6 Å². The number of rotatable bonds is 8. The molecule has 158 valence electrons. The fourth-order valence-corrected chi connectivity index (χ4v) is 2.90. The van der Waals surface area contributed by atoms with Gasteiger partial charge in [-0.2, -0.15) is 0 Å². The normalized spacial score (nSPS) is 10.4. The standard InChI is InChI=1S/C22H18ClN3O5/c23-16-6-7-19(18(10-16)22(29)30)26-21(28)13-31-12-20(27)25-17-5-1-3-14(9-17)15-4-2-8-24-11-15/h1-11H,12-13H2,(H,25,27)(H,26,28)(H,29,30). The Kier molecular flexibility index (Phi) is 7.31. The van der Waals surface area contributed by atoms with Gasteiger partial charge in [0, 0.05) is 28.7 Å². The van der Waals surface area contributed by atoms with Crippen LogP contribution in [0.5, 0.6) is 0 Å². The van der Waals surface area contributed by atoms with Crippen molar-refractivity contribution < 1.29 is 24.2 Å². The maximum absolute atomic E-state index is 12.1. The molecule has 2 amide bonds. The zero-order valence-electron chi connectivity index (χ0n) is 16.2. The third-order valence-electron chi connectivity index (χ3n) is 4.09. The highest BCUT2D eigenvalue weighted by Gasteiger charge is 2.14. The summed E-state index contributed by atoms with van der Waals surface area (Å²) in [5.74, 6) is -2.27. The Morgan fingerprint density at radius 2 is 1.68 bits per heavy atom. The number of halogens is 1. The third kappa shape index (κ3) is 6.36. The number of amides is 2. The average molecular weight is 440 g/mol. The number of carbonyl (C=O) groups is 3. The van der Waals surface area contributed by atoms with Crippen molar-refractivity contribution in [3.8, 4) is 11.1 Å². The molecule has 3 N–H and O–H groups in total. The topological polar surface area (TPSA) is 118 Å². The number of carbonyl (C=O) groups excluding carboxylic acids is 2. The Morgan fingerprint density at radius 1 is 0.935 bits per heavy atom. The van der Waals surface area contributed by atoms with E-state index in [1.807, 2.05) is 18.2 Å².